The van der Waals surface area contributed by atoms with E-state index in [2.05, 4.69) is 25.7 Å². The lowest BCUT2D eigenvalue weighted by atomic mass is 9.92. The lowest BCUT2D eigenvalue weighted by molar-refractivity contribution is 0.288. The van der Waals surface area contributed by atoms with Crippen molar-refractivity contribution in [1.29, 1.82) is 0 Å². The first-order valence-corrected chi connectivity index (χ1v) is 8.51. The molecule has 2 N–H and O–H groups in total. The molecule has 0 radical (unpaired) electrons. The molecule has 8 heteroatoms. The van der Waals surface area contributed by atoms with E-state index in [0.717, 1.165) is 5.56 Å². The van der Waals surface area contributed by atoms with Gasteiger partial charge in [-0.1, -0.05) is 20.8 Å². The Balaban J connectivity index is 2.22. The van der Waals surface area contributed by atoms with Crippen LogP contribution >= 0.6 is 0 Å². The molecule has 0 unspecified atom stereocenters. The minimum atomic E-state index is -0.532. The second-order valence-corrected chi connectivity index (χ2v) is 6.53. The van der Waals surface area contributed by atoms with E-state index in [-0.39, 0.29) is 5.41 Å². The molecule has 0 amide bonds. The summed E-state index contributed by atoms with van der Waals surface area (Å²) in [4.78, 5) is 15.4. The number of benzene rings is 1. The highest BCUT2D eigenvalue weighted by Gasteiger charge is 2.21. The van der Waals surface area contributed by atoms with Gasteiger partial charge in [-0.15, -0.1) is 0 Å². The minimum Gasteiger partial charge on any atom is -0.490 e. The molecular formula is C18H25N5O3. The van der Waals surface area contributed by atoms with Crippen LogP contribution < -0.4 is 20.6 Å². The number of nitrogens with zero attached hydrogens (tertiary/aromatic N) is 3. The van der Waals surface area contributed by atoms with Gasteiger partial charge in [0.05, 0.1) is 19.4 Å². The fraction of sp³-hybridized carbons (Fsp3) is 0.444. The topological polar surface area (TPSA) is 101 Å². The Hall–Kier alpha value is -2.90. The summed E-state index contributed by atoms with van der Waals surface area (Å²) in [5.74, 6) is 1.67. The van der Waals surface area contributed by atoms with Crippen LogP contribution in [-0.4, -0.2) is 34.6 Å². The summed E-state index contributed by atoms with van der Waals surface area (Å²) < 4.78 is 11.1. The van der Waals surface area contributed by atoms with Crippen molar-refractivity contribution in [2.75, 3.05) is 18.6 Å². The Kier molecular flexibility index (Phi) is 6.32. The van der Waals surface area contributed by atoms with Crippen molar-refractivity contribution in [1.82, 2.24) is 15.2 Å². The molecule has 2 rings (SSSR count). The Morgan fingerprint density at radius 2 is 1.88 bits per heavy atom. The Morgan fingerprint density at radius 1 is 1.19 bits per heavy atom. The average molecular weight is 359 g/mol. The van der Waals surface area contributed by atoms with Gasteiger partial charge in [-0.25, -0.2) is 9.89 Å². The molecule has 0 saturated carbocycles. The fourth-order valence-electron chi connectivity index (χ4n) is 2.25. The van der Waals surface area contributed by atoms with Crippen LogP contribution in [0.5, 0.6) is 11.5 Å². The third-order valence-electron chi connectivity index (χ3n) is 3.36. The summed E-state index contributed by atoms with van der Waals surface area (Å²) in [5.41, 5.74) is 3.42. The molecule has 0 fully saturated rings. The fourth-order valence-corrected chi connectivity index (χ4v) is 2.25. The summed E-state index contributed by atoms with van der Waals surface area (Å²) in [6.45, 7) is 10.9. The van der Waals surface area contributed by atoms with E-state index in [1.54, 1.807) is 6.21 Å². The van der Waals surface area contributed by atoms with Crippen LogP contribution in [-0.2, 0) is 5.41 Å². The number of anilines is 1. The predicted molar refractivity (Wildman–Crippen MR) is 101 cm³/mol. The van der Waals surface area contributed by atoms with Gasteiger partial charge in [0.25, 0.3) is 0 Å². The van der Waals surface area contributed by atoms with Crippen molar-refractivity contribution in [3.63, 3.8) is 0 Å². The van der Waals surface area contributed by atoms with E-state index in [9.17, 15) is 4.79 Å². The van der Waals surface area contributed by atoms with Crippen LogP contribution in [0.2, 0.25) is 0 Å². The van der Waals surface area contributed by atoms with Crippen LogP contribution in [0.4, 0.5) is 5.82 Å². The number of aromatic nitrogens is 3. The molecule has 8 nitrogen and oxygen atoms in total. The zero-order chi connectivity index (χ0) is 19.2. The summed E-state index contributed by atoms with van der Waals surface area (Å²) in [6.07, 6.45) is 1.62. The number of nitrogens with one attached hydrogen (secondary N) is 2. The third-order valence-corrected chi connectivity index (χ3v) is 3.36. The number of hydrazone groups is 1. The highest BCUT2D eigenvalue weighted by Crippen LogP contribution is 2.28. The molecule has 0 saturated heterocycles. The molecule has 0 aliphatic rings. The van der Waals surface area contributed by atoms with Crippen LogP contribution in [0, 0.1) is 0 Å². The quantitative estimate of drug-likeness (QED) is 0.582. The molecule has 0 spiro atoms. The maximum absolute atomic E-state index is 11.5. The second-order valence-electron chi connectivity index (χ2n) is 6.53. The van der Waals surface area contributed by atoms with E-state index in [4.69, 9.17) is 9.47 Å². The van der Waals surface area contributed by atoms with Crippen LogP contribution in [0.25, 0.3) is 0 Å². The summed E-state index contributed by atoms with van der Waals surface area (Å²) in [6, 6.07) is 5.55. The molecular weight excluding hydrogens is 334 g/mol. The minimum absolute atomic E-state index is 0.295. The zero-order valence-corrected chi connectivity index (χ0v) is 15.8. The van der Waals surface area contributed by atoms with Crippen molar-refractivity contribution in [2.45, 2.75) is 40.0 Å². The van der Waals surface area contributed by atoms with Crippen LogP contribution in [0.1, 0.15) is 45.9 Å². The molecule has 0 aliphatic carbocycles. The van der Waals surface area contributed by atoms with Crippen molar-refractivity contribution in [3.05, 3.63) is 39.9 Å². The monoisotopic (exact) mass is 359 g/mol. The van der Waals surface area contributed by atoms with Gasteiger partial charge in [0.2, 0.25) is 0 Å². The first-order chi connectivity index (χ1) is 12.3. The molecule has 1 aromatic heterocycles. The first-order valence-electron chi connectivity index (χ1n) is 8.51. The van der Waals surface area contributed by atoms with Gasteiger partial charge in [-0.3, -0.25) is 5.43 Å². The molecule has 0 bridgehead atoms. The highest BCUT2D eigenvalue weighted by molar-refractivity contribution is 5.81. The largest absolute Gasteiger partial charge is 0.490 e. The van der Waals surface area contributed by atoms with E-state index < -0.39 is 5.69 Å². The number of hydrogen-bond donors (Lipinski definition) is 2. The SMILES string of the molecule is CCOc1ccc(/C=N/Nc2nc(=O)[nH]nc2C(C)(C)C)cc1OCC. The second kappa shape index (κ2) is 8.46. The number of ether oxygens (including phenoxy) is 2. The maximum atomic E-state index is 11.5. The van der Waals surface area contributed by atoms with Crippen molar-refractivity contribution < 1.29 is 9.47 Å². The number of hydrogen-bond acceptors (Lipinski definition) is 7. The molecule has 26 heavy (non-hydrogen) atoms. The van der Waals surface area contributed by atoms with E-state index in [1.165, 1.54) is 0 Å². The Morgan fingerprint density at radius 3 is 2.54 bits per heavy atom. The maximum Gasteiger partial charge on any atom is 0.363 e. The van der Waals surface area contributed by atoms with Gasteiger partial charge in [0.15, 0.2) is 17.3 Å². The summed E-state index contributed by atoms with van der Waals surface area (Å²) >= 11 is 0. The number of rotatable bonds is 7. The van der Waals surface area contributed by atoms with Gasteiger partial charge >= 0.3 is 5.69 Å². The Bertz CT molecular complexity index is 824. The standard InChI is InChI=1S/C18H25N5O3/c1-6-25-13-9-8-12(10-14(13)26-7-2)11-19-22-16-15(18(3,4)5)21-23-17(24)20-16/h8-11H,6-7H2,1-5H3,(H2,20,22,23,24)/b19-11+. The van der Waals surface area contributed by atoms with E-state index in [1.807, 2.05) is 52.8 Å². The highest BCUT2D eigenvalue weighted by atomic mass is 16.5. The molecule has 2 aromatic rings. The average Bonchev–Trinajstić information content (AvgIpc) is 2.56. The molecule has 140 valence electrons. The molecule has 1 heterocycles. The van der Waals surface area contributed by atoms with E-state index >= 15 is 0 Å². The molecule has 0 aliphatic heterocycles. The summed E-state index contributed by atoms with van der Waals surface area (Å²) in [5, 5.41) is 10.6. The van der Waals surface area contributed by atoms with Gasteiger partial charge in [0.1, 0.15) is 5.69 Å². The van der Waals surface area contributed by atoms with Crippen molar-refractivity contribution in [3.8, 4) is 11.5 Å². The van der Waals surface area contributed by atoms with Gasteiger partial charge in [-0.2, -0.15) is 15.2 Å². The molecule has 0 atom stereocenters. The van der Waals surface area contributed by atoms with Crippen molar-refractivity contribution >= 4 is 12.0 Å². The smallest absolute Gasteiger partial charge is 0.363 e. The predicted octanol–water partition coefficient (Wildman–Crippen LogP) is 2.71. The third kappa shape index (κ3) is 5.05. The normalized spacial score (nSPS) is 11.6. The lowest BCUT2D eigenvalue weighted by Gasteiger charge is -2.18. The van der Waals surface area contributed by atoms with Crippen molar-refractivity contribution in [2.24, 2.45) is 5.10 Å². The van der Waals surface area contributed by atoms with Gasteiger partial charge in [-0.05, 0) is 37.6 Å². The van der Waals surface area contributed by atoms with Crippen LogP contribution in [0.15, 0.2) is 28.1 Å². The zero-order valence-electron chi connectivity index (χ0n) is 15.8. The van der Waals surface area contributed by atoms with E-state index in [0.29, 0.717) is 36.2 Å². The Labute approximate surface area is 152 Å². The molecule has 1 aromatic carbocycles. The summed E-state index contributed by atoms with van der Waals surface area (Å²) in [7, 11) is 0. The number of H-pyrrole nitrogens is 1. The van der Waals surface area contributed by atoms with Gasteiger partial charge in [0, 0.05) is 5.41 Å². The first kappa shape index (κ1) is 19.4. The van der Waals surface area contributed by atoms with Gasteiger partial charge < -0.3 is 9.47 Å². The number of aromatic amines is 1. The van der Waals surface area contributed by atoms with Crippen LogP contribution in [0.3, 0.4) is 0 Å². The lowest BCUT2D eigenvalue weighted by Crippen LogP contribution is -2.24.